The molecule has 3 aromatic rings. The van der Waals surface area contributed by atoms with Crippen molar-refractivity contribution in [3.8, 4) is 0 Å². The fourth-order valence-electron chi connectivity index (χ4n) is 4.90. The lowest BCUT2D eigenvalue weighted by molar-refractivity contribution is -0.130. The largest absolute Gasteiger partial charge is 0.358 e. The van der Waals surface area contributed by atoms with Crippen LogP contribution < -0.4 is 0 Å². The molecule has 1 saturated heterocycles. The SMILES string of the molecule is Cc1[nH]c2ccccc2c1[C@@H]1c2ccccc2C(=O)N1CCC(=O)N1CCCC1. The molecule has 0 bridgehead atoms. The third-order valence-electron chi connectivity index (χ3n) is 6.30. The van der Waals surface area contributed by atoms with Gasteiger partial charge in [0.25, 0.3) is 5.91 Å². The molecule has 0 saturated carbocycles. The molecule has 2 aromatic carbocycles. The van der Waals surface area contributed by atoms with Crippen molar-refractivity contribution in [2.24, 2.45) is 0 Å². The molecule has 148 valence electrons. The summed E-state index contributed by atoms with van der Waals surface area (Å²) in [6, 6.07) is 15.9. The molecule has 5 heteroatoms. The molecule has 0 aliphatic carbocycles. The summed E-state index contributed by atoms with van der Waals surface area (Å²) in [5.41, 5.74) is 5.05. The highest BCUT2D eigenvalue weighted by Gasteiger charge is 2.39. The van der Waals surface area contributed by atoms with Crippen LogP contribution in [0.2, 0.25) is 0 Å². The average Bonchev–Trinajstić information content (AvgIpc) is 3.44. The Balaban J connectivity index is 1.53. The molecule has 1 N–H and O–H groups in total. The monoisotopic (exact) mass is 387 g/mol. The highest BCUT2D eigenvalue weighted by Crippen LogP contribution is 2.42. The van der Waals surface area contributed by atoms with Crippen molar-refractivity contribution in [3.63, 3.8) is 0 Å². The Kier molecular flexibility index (Phi) is 4.38. The van der Waals surface area contributed by atoms with Crippen LogP contribution in [0.15, 0.2) is 48.5 Å². The summed E-state index contributed by atoms with van der Waals surface area (Å²) >= 11 is 0. The lowest BCUT2D eigenvalue weighted by Crippen LogP contribution is -2.35. The highest BCUT2D eigenvalue weighted by molar-refractivity contribution is 6.01. The lowest BCUT2D eigenvalue weighted by atomic mass is 9.95. The van der Waals surface area contributed by atoms with Crippen LogP contribution >= 0.6 is 0 Å². The molecule has 0 unspecified atom stereocenters. The van der Waals surface area contributed by atoms with Crippen molar-refractivity contribution in [3.05, 3.63) is 70.9 Å². The Hall–Kier alpha value is -3.08. The maximum absolute atomic E-state index is 13.3. The normalized spacial score (nSPS) is 18.7. The quantitative estimate of drug-likeness (QED) is 0.735. The first kappa shape index (κ1) is 18.0. The molecule has 2 aliphatic rings. The highest BCUT2D eigenvalue weighted by atomic mass is 16.2. The number of amides is 2. The number of nitrogens with zero attached hydrogens (tertiary/aromatic N) is 2. The molecule has 5 nitrogen and oxygen atoms in total. The zero-order chi connectivity index (χ0) is 20.0. The van der Waals surface area contributed by atoms with E-state index in [1.165, 1.54) is 0 Å². The van der Waals surface area contributed by atoms with E-state index in [2.05, 4.69) is 24.0 Å². The van der Waals surface area contributed by atoms with Crippen molar-refractivity contribution in [1.29, 1.82) is 0 Å². The summed E-state index contributed by atoms with van der Waals surface area (Å²) in [5.74, 6) is 0.171. The van der Waals surface area contributed by atoms with Gasteiger partial charge in [0.15, 0.2) is 0 Å². The number of carbonyl (C=O) groups is 2. The number of benzene rings is 2. The third-order valence-corrected chi connectivity index (χ3v) is 6.30. The molecule has 29 heavy (non-hydrogen) atoms. The second-order valence-electron chi connectivity index (χ2n) is 8.04. The van der Waals surface area contributed by atoms with Crippen LogP contribution in [0.1, 0.15) is 52.5 Å². The first-order chi connectivity index (χ1) is 14.1. The van der Waals surface area contributed by atoms with E-state index in [4.69, 9.17) is 0 Å². The fraction of sp³-hybridized carbons (Fsp3) is 0.333. The smallest absolute Gasteiger partial charge is 0.255 e. The van der Waals surface area contributed by atoms with E-state index in [0.29, 0.717) is 13.0 Å². The number of nitrogens with one attached hydrogen (secondary N) is 1. The number of likely N-dealkylation sites (tertiary alicyclic amines) is 1. The predicted molar refractivity (Wildman–Crippen MR) is 113 cm³/mol. The van der Waals surface area contributed by atoms with Gasteiger partial charge in [-0.2, -0.15) is 0 Å². The van der Waals surface area contributed by atoms with Crippen LogP contribution in [-0.2, 0) is 4.79 Å². The van der Waals surface area contributed by atoms with E-state index in [-0.39, 0.29) is 17.9 Å². The summed E-state index contributed by atoms with van der Waals surface area (Å²) in [6.45, 7) is 4.19. The van der Waals surface area contributed by atoms with Crippen LogP contribution in [0.3, 0.4) is 0 Å². The van der Waals surface area contributed by atoms with Gasteiger partial charge in [0.2, 0.25) is 5.91 Å². The van der Waals surface area contributed by atoms with E-state index < -0.39 is 0 Å². The number of carbonyl (C=O) groups excluding carboxylic acids is 2. The van der Waals surface area contributed by atoms with Gasteiger partial charge >= 0.3 is 0 Å². The first-order valence-corrected chi connectivity index (χ1v) is 10.4. The van der Waals surface area contributed by atoms with Crippen LogP contribution in [0.25, 0.3) is 10.9 Å². The number of aryl methyl sites for hydroxylation is 1. The maximum atomic E-state index is 13.3. The van der Waals surface area contributed by atoms with E-state index in [1.807, 2.05) is 46.2 Å². The van der Waals surface area contributed by atoms with Gasteiger partial charge < -0.3 is 14.8 Å². The molecular weight excluding hydrogens is 362 g/mol. The zero-order valence-electron chi connectivity index (χ0n) is 16.6. The van der Waals surface area contributed by atoms with Crippen LogP contribution in [0.5, 0.6) is 0 Å². The second-order valence-corrected chi connectivity index (χ2v) is 8.04. The van der Waals surface area contributed by atoms with Crippen LogP contribution in [0, 0.1) is 6.92 Å². The number of aromatic nitrogens is 1. The minimum absolute atomic E-state index is 0.0181. The predicted octanol–water partition coefficient (Wildman–Crippen LogP) is 4.03. The van der Waals surface area contributed by atoms with Crippen LogP contribution in [-0.4, -0.2) is 46.2 Å². The number of aromatic amines is 1. The van der Waals surface area contributed by atoms with E-state index >= 15 is 0 Å². The molecule has 2 aliphatic heterocycles. The molecule has 0 radical (unpaired) electrons. The van der Waals surface area contributed by atoms with Crippen molar-refractivity contribution in [1.82, 2.24) is 14.8 Å². The Morgan fingerprint density at radius 2 is 1.79 bits per heavy atom. The van der Waals surface area contributed by atoms with Gasteiger partial charge in [-0.1, -0.05) is 36.4 Å². The Morgan fingerprint density at radius 3 is 2.62 bits per heavy atom. The van der Waals surface area contributed by atoms with Gasteiger partial charge in [-0.05, 0) is 37.5 Å². The van der Waals surface area contributed by atoms with Gasteiger partial charge in [0, 0.05) is 53.8 Å². The van der Waals surface area contributed by atoms with Gasteiger partial charge in [-0.25, -0.2) is 0 Å². The molecule has 1 fully saturated rings. The number of rotatable bonds is 4. The number of hydrogen-bond acceptors (Lipinski definition) is 2. The van der Waals surface area contributed by atoms with E-state index in [0.717, 1.165) is 59.2 Å². The zero-order valence-corrected chi connectivity index (χ0v) is 16.6. The molecule has 3 heterocycles. The Labute approximate surface area is 170 Å². The number of para-hydroxylation sites is 1. The summed E-state index contributed by atoms with van der Waals surface area (Å²) in [7, 11) is 0. The van der Waals surface area contributed by atoms with Gasteiger partial charge in [-0.3, -0.25) is 9.59 Å². The summed E-state index contributed by atoms with van der Waals surface area (Å²) in [4.78, 5) is 33.2. The minimum Gasteiger partial charge on any atom is -0.358 e. The summed E-state index contributed by atoms with van der Waals surface area (Å²) in [6.07, 6.45) is 2.53. The maximum Gasteiger partial charge on any atom is 0.255 e. The van der Waals surface area contributed by atoms with Gasteiger partial charge in [-0.15, -0.1) is 0 Å². The standard InChI is InChI=1S/C24H25N3O2/c1-16-22(19-10-4-5-11-20(19)25-16)23-17-8-2-3-9-18(17)24(29)27(23)15-12-21(28)26-13-6-7-14-26/h2-5,8-11,23,25H,6-7,12-15H2,1H3/t23-/m0/s1. The van der Waals surface area contributed by atoms with E-state index in [9.17, 15) is 9.59 Å². The van der Waals surface area contributed by atoms with Crippen molar-refractivity contribution in [2.45, 2.75) is 32.2 Å². The number of hydrogen-bond donors (Lipinski definition) is 1. The number of H-pyrrole nitrogens is 1. The van der Waals surface area contributed by atoms with Crippen molar-refractivity contribution in [2.75, 3.05) is 19.6 Å². The first-order valence-electron chi connectivity index (χ1n) is 10.4. The summed E-state index contributed by atoms with van der Waals surface area (Å²) in [5, 5.41) is 1.13. The fourth-order valence-corrected chi connectivity index (χ4v) is 4.90. The van der Waals surface area contributed by atoms with E-state index in [1.54, 1.807) is 0 Å². The molecular formula is C24H25N3O2. The average molecular weight is 387 g/mol. The van der Waals surface area contributed by atoms with Crippen molar-refractivity contribution >= 4 is 22.7 Å². The second kappa shape index (κ2) is 7.07. The third kappa shape index (κ3) is 2.92. The molecule has 5 rings (SSSR count). The molecule has 1 atom stereocenters. The Morgan fingerprint density at radius 1 is 1.07 bits per heavy atom. The minimum atomic E-state index is -0.166. The molecule has 2 amide bonds. The summed E-state index contributed by atoms with van der Waals surface area (Å²) < 4.78 is 0. The molecule has 1 aromatic heterocycles. The Bertz CT molecular complexity index is 1090. The number of fused-ring (bicyclic) bond motifs is 2. The lowest BCUT2D eigenvalue weighted by Gasteiger charge is -2.27. The van der Waals surface area contributed by atoms with Crippen molar-refractivity contribution < 1.29 is 9.59 Å². The molecule has 0 spiro atoms. The van der Waals surface area contributed by atoms with Gasteiger partial charge in [0.05, 0.1) is 6.04 Å². The van der Waals surface area contributed by atoms with Gasteiger partial charge in [0.1, 0.15) is 0 Å². The van der Waals surface area contributed by atoms with Crippen LogP contribution in [0.4, 0.5) is 0 Å². The topological polar surface area (TPSA) is 56.4 Å².